The zero-order valence-electron chi connectivity index (χ0n) is 12.5. The zero-order valence-corrected chi connectivity index (χ0v) is 12.5. The van der Waals surface area contributed by atoms with Crippen LogP contribution in [-0.4, -0.2) is 35.5 Å². The maximum Gasteiger partial charge on any atom is 0.251 e. The van der Waals surface area contributed by atoms with Gasteiger partial charge in [-0.2, -0.15) is 0 Å². The number of aldehydes is 1. The molecule has 0 aliphatic rings. The Morgan fingerprint density at radius 2 is 1.95 bits per heavy atom. The van der Waals surface area contributed by atoms with Crippen LogP contribution < -0.4 is 11.1 Å². The lowest BCUT2D eigenvalue weighted by Crippen LogP contribution is -2.50. The third-order valence-electron chi connectivity index (χ3n) is 3.21. The highest BCUT2D eigenvalue weighted by molar-refractivity contribution is 5.84. The van der Waals surface area contributed by atoms with E-state index in [2.05, 4.69) is 5.32 Å². The van der Waals surface area contributed by atoms with E-state index >= 15 is 0 Å². The topological polar surface area (TPSA) is 92.4 Å². The summed E-state index contributed by atoms with van der Waals surface area (Å²) in [4.78, 5) is 22.9. The summed E-state index contributed by atoms with van der Waals surface area (Å²) in [6, 6.07) is 8.11. The minimum atomic E-state index is -1.33. The van der Waals surface area contributed by atoms with E-state index in [1.807, 2.05) is 44.2 Å². The molecule has 1 aromatic rings. The Kier molecular flexibility index (Phi) is 7.05. The second-order valence-electron chi connectivity index (χ2n) is 5.68. The van der Waals surface area contributed by atoms with Gasteiger partial charge in [0.15, 0.2) is 0 Å². The van der Waals surface area contributed by atoms with Crippen molar-refractivity contribution in [2.75, 3.05) is 0 Å². The predicted octanol–water partition coefficient (Wildman–Crippen LogP) is 0.647. The fourth-order valence-corrected chi connectivity index (χ4v) is 2.12. The average molecular weight is 292 g/mol. The van der Waals surface area contributed by atoms with Crippen molar-refractivity contribution in [3.05, 3.63) is 35.9 Å². The van der Waals surface area contributed by atoms with E-state index in [1.54, 1.807) is 0 Å². The number of nitrogens with two attached hydrogens (primary N) is 1. The minimum Gasteiger partial charge on any atom is -0.382 e. The van der Waals surface area contributed by atoms with Crippen molar-refractivity contribution in [3.8, 4) is 0 Å². The van der Waals surface area contributed by atoms with Gasteiger partial charge in [-0.3, -0.25) is 4.79 Å². The van der Waals surface area contributed by atoms with Gasteiger partial charge in [0.25, 0.3) is 5.91 Å². The van der Waals surface area contributed by atoms with Crippen molar-refractivity contribution >= 4 is 12.2 Å². The normalized spacial score (nSPS) is 15.3. The Morgan fingerprint density at radius 1 is 1.33 bits per heavy atom. The van der Waals surface area contributed by atoms with E-state index in [-0.39, 0.29) is 5.92 Å². The molecule has 0 saturated carbocycles. The molecule has 0 saturated heterocycles. The maximum absolute atomic E-state index is 11.9. The molecule has 0 fully saturated rings. The fraction of sp³-hybridized carbons (Fsp3) is 0.500. The molecule has 0 spiro atoms. The molecule has 0 aliphatic heterocycles. The van der Waals surface area contributed by atoms with Crippen LogP contribution in [0.15, 0.2) is 30.3 Å². The first-order valence-electron chi connectivity index (χ1n) is 7.17. The van der Waals surface area contributed by atoms with Crippen molar-refractivity contribution < 1.29 is 14.7 Å². The monoisotopic (exact) mass is 292 g/mol. The summed E-state index contributed by atoms with van der Waals surface area (Å²) in [5.41, 5.74) is 6.82. The lowest BCUT2D eigenvalue weighted by molar-refractivity contribution is -0.132. The predicted molar refractivity (Wildman–Crippen MR) is 81.6 cm³/mol. The Hall–Kier alpha value is -1.72. The van der Waals surface area contributed by atoms with Crippen molar-refractivity contribution in [2.45, 2.75) is 44.9 Å². The molecule has 21 heavy (non-hydrogen) atoms. The summed E-state index contributed by atoms with van der Waals surface area (Å²) in [5, 5.41) is 12.5. The summed E-state index contributed by atoms with van der Waals surface area (Å²) in [5.74, 6) is -0.327. The highest BCUT2D eigenvalue weighted by Gasteiger charge is 2.25. The summed E-state index contributed by atoms with van der Waals surface area (Å²) in [7, 11) is 0. The molecule has 0 heterocycles. The lowest BCUT2D eigenvalue weighted by atomic mass is 10.0. The quantitative estimate of drug-likeness (QED) is 0.613. The second-order valence-corrected chi connectivity index (χ2v) is 5.68. The molecule has 0 aliphatic carbocycles. The number of rotatable bonds is 8. The maximum atomic E-state index is 11.9. The largest absolute Gasteiger partial charge is 0.382 e. The first-order chi connectivity index (χ1) is 9.93. The molecular formula is C16H24N2O3. The molecule has 0 aromatic heterocycles. The van der Waals surface area contributed by atoms with Gasteiger partial charge in [-0.1, -0.05) is 44.2 Å². The highest BCUT2D eigenvalue weighted by atomic mass is 16.3. The second kappa shape index (κ2) is 8.54. The van der Waals surface area contributed by atoms with Crippen molar-refractivity contribution in [3.63, 3.8) is 0 Å². The number of hydrogen-bond acceptors (Lipinski definition) is 4. The van der Waals surface area contributed by atoms with Crippen molar-refractivity contribution in [1.82, 2.24) is 5.32 Å². The van der Waals surface area contributed by atoms with Crippen LogP contribution in [0.3, 0.4) is 0 Å². The van der Waals surface area contributed by atoms with Crippen LogP contribution in [0.2, 0.25) is 0 Å². The summed E-state index contributed by atoms with van der Waals surface area (Å²) < 4.78 is 0. The highest BCUT2D eigenvalue weighted by Crippen LogP contribution is 2.06. The number of carbonyl (C=O) groups is 2. The van der Waals surface area contributed by atoms with Gasteiger partial charge in [0.1, 0.15) is 12.4 Å². The molecule has 1 aromatic carbocycles. The minimum absolute atomic E-state index is 0.274. The van der Waals surface area contributed by atoms with Crippen LogP contribution in [0.4, 0.5) is 0 Å². The van der Waals surface area contributed by atoms with Crippen molar-refractivity contribution in [2.24, 2.45) is 11.7 Å². The molecule has 0 bridgehead atoms. The SMILES string of the molecule is CC(C)CC(C=O)NC(=O)C(O)C(N)Cc1ccccc1. The average Bonchev–Trinajstić information content (AvgIpc) is 2.46. The third kappa shape index (κ3) is 6.06. The van der Waals surface area contributed by atoms with Crippen LogP contribution in [-0.2, 0) is 16.0 Å². The van der Waals surface area contributed by atoms with Gasteiger partial charge in [0.2, 0.25) is 0 Å². The van der Waals surface area contributed by atoms with Gasteiger partial charge in [-0.05, 0) is 24.3 Å². The van der Waals surface area contributed by atoms with Gasteiger partial charge < -0.3 is 21.0 Å². The van der Waals surface area contributed by atoms with Crippen LogP contribution in [0.25, 0.3) is 0 Å². The molecule has 0 radical (unpaired) electrons. The summed E-state index contributed by atoms with van der Waals surface area (Å²) >= 11 is 0. The fourth-order valence-electron chi connectivity index (χ4n) is 2.12. The van der Waals surface area contributed by atoms with Gasteiger partial charge >= 0.3 is 0 Å². The Labute approximate surface area is 125 Å². The molecule has 3 unspecified atom stereocenters. The van der Waals surface area contributed by atoms with E-state index in [9.17, 15) is 14.7 Å². The standard InChI is InChI=1S/C16H24N2O3/c1-11(2)8-13(10-19)18-16(21)15(20)14(17)9-12-6-4-3-5-7-12/h3-7,10-11,13-15,20H,8-9,17H2,1-2H3,(H,18,21). The first-order valence-corrected chi connectivity index (χ1v) is 7.17. The van der Waals surface area contributed by atoms with Gasteiger partial charge in [0.05, 0.1) is 6.04 Å². The van der Waals surface area contributed by atoms with Crippen LogP contribution in [0.1, 0.15) is 25.8 Å². The molecule has 116 valence electrons. The number of hydrogen-bond donors (Lipinski definition) is 3. The first kappa shape index (κ1) is 17.3. The molecule has 4 N–H and O–H groups in total. The lowest BCUT2D eigenvalue weighted by Gasteiger charge is -2.21. The summed E-state index contributed by atoms with van der Waals surface area (Å²) in [6.45, 7) is 3.92. The number of aliphatic hydroxyl groups excluding tert-OH is 1. The van der Waals surface area contributed by atoms with Crippen LogP contribution >= 0.6 is 0 Å². The van der Waals surface area contributed by atoms with E-state index in [0.717, 1.165) is 5.56 Å². The molecular weight excluding hydrogens is 268 g/mol. The number of amides is 1. The van der Waals surface area contributed by atoms with E-state index in [4.69, 9.17) is 5.73 Å². The van der Waals surface area contributed by atoms with Crippen LogP contribution in [0, 0.1) is 5.92 Å². The Morgan fingerprint density at radius 3 is 2.48 bits per heavy atom. The molecule has 1 rings (SSSR count). The van der Waals surface area contributed by atoms with Gasteiger partial charge in [-0.15, -0.1) is 0 Å². The smallest absolute Gasteiger partial charge is 0.251 e. The molecule has 1 amide bonds. The summed E-state index contributed by atoms with van der Waals surface area (Å²) in [6.07, 6.45) is 0.286. The number of aliphatic hydroxyl groups is 1. The van der Waals surface area contributed by atoms with Crippen molar-refractivity contribution in [1.29, 1.82) is 0 Å². The molecule has 3 atom stereocenters. The van der Waals surface area contributed by atoms with E-state index < -0.39 is 24.1 Å². The van der Waals surface area contributed by atoms with E-state index in [0.29, 0.717) is 19.1 Å². The zero-order chi connectivity index (χ0) is 15.8. The molecule has 5 nitrogen and oxygen atoms in total. The van der Waals surface area contributed by atoms with Gasteiger partial charge in [0, 0.05) is 6.04 Å². The van der Waals surface area contributed by atoms with Crippen LogP contribution in [0.5, 0.6) is 0 Å². The third-order valence-corrected chi connectivity index (χ3v) is 3.21. The van der Waals surface area contributed by atoms with Gasteiger partial charge in [-0.25, -0.2) is 0 Å². The Balaban J connectivity index is 2.54. The number of carbonyl (C=O) groups excluding carboxylic acids is 2. The van der Waals surface area contributed by atoms with E-state index in [1.165, 1.54) is 0 Å². The number of benzene rings is 1. The number of nitrogens with one attached hydrogen (secondary N) is 1. The Bertz CT molecular complexity index is 448. The molecule has 5 heteroatoms.